The maximum Gasteiger partial charge on any atom is 0.123 e. The van der Waals surface area contributed by atoms with Crippen molar-refractivity contribution < 1.29 is 13.9 Å². The van der Waals surface area contributed by atoms with Gasteiger partial charge in [0.25, 0.3) is 0 Å². The van der Waals surface area contributed by atoms with Crippen molar-refractivity contribution in [3.05, 3.63) is 59.8 Å². The van der Waals surface area contributed by atoms with E-state index in [0.29, 0.717) is 12.8 Å². The molecule has 0 spiro atoms. The van der Waals surface area contributed by atoms with Gasteiger partial charge in [-0.2, -0.15) is 0 Å². The average Bonchev–Trinajstić information content (AvgIpc) is 2.68. The Labute approximate surface area is 99.7 Å². The zero-order valence-electron chi connectivity index (χ0n) is 9.69. The highest BCUT2D eigenvalue weighted by atomic mass is 19.1. The average molecular weight is 234 g/mol. The molecule has 0 fully saturated rings. The lowest BCUT2D eigenvalue weighted by Gasteiger charge is -2.22. The van der Waals surface area contributed by atoms with Crippen molar-refractivity contribution in [2.45, 2.75) is 25.4 Å². The predicted octanol–water partition coefficient (Wildman–Crippen LogP) is 2.95. The van der Waals surface area contributed by atoms with Gasteiger partial charge in [-0.05, 0) is 36.2 Å². The third-order valence-corrected chi connectivity index (χ3v) is 2.64. The number of furan rings is 1. The van der Waals surface area contributed by atoms with E-state index in [9.17, 15) is 9.50 Å². The minimum absolute atomic E-state index is 0.276. The maximum absolute atomic E-state index is 13.0. The van der Waals surface area contributed by atoms with Crippen LogP contribution in [0.4, 0.5) is 4.39 Å². The lowest BCUT2D eigenvalue weighted by atomic mass is 9.91. The lowest BCUT2D eigenvalue weighted by Crippen LogP contribution is -2.29. The van der Waals surface area contributed by atoms with Gasteiger partial charge in [0.2, 0.25) is 0 Å². The summed E-state index contributed by atoms with van der Waals surface area (Å²) in [5, 5.41) is 10.3. The van der Waals surface area contributed by atoms with Gasteiger partial charge in [-0.1, -0.05) is 12.1 Å². The standard InChI is InChI=1S/C14H15FO2/c1-14(16,9-12-5-6-17-10-12)8-11-3-2-4-13(15)7-11/h2-7,10,16H,8-9H2,1H3. The van der Waals surface area contributed by atoms with Crippen LogP contribution in [0.3, 0.4) is 0 Å². The second-order valence-electron chi connectivity index (χ2n) is 4.61. The molecule has 0 aliphatic rings. The molecular formula is C14H15FO2. The molecule has 1 atom stereocenters. The Bertz CT molecular complexity index is 475. The summed E-state index contributed by atoms with van der Waals surface area (Å²) in [6.07, 6.45) is 4.09. The van der Waals surface area contributed by atoms with Gasteiger partial charge in [-0.3, -0.25) is 0 Å². The number of rotatable bonds is 4. The van der Waals surface area contributed by atoms with Crippen molar-refractivity contribution in [3.8, 4) is 0 Å². The molecule has 2 rings (SSSR count). The molecule has 0 amide bonds. The molecule has 0 radical (unpaired) electrons. The Hall–Kier alpha value is -1.61. The second kappa shape index (κ2) is 4.72. The molecule has 0 saturated heterocycles. The van der Waals surface area contributed by atoms with E-state index >= 15 is 0 Å². The molecular weight excluding hydrogens is 219 g/mol. The van der Waals surface area contributed by atoms with E-state index in [1.165, 1.54) is 12.1 Å². The molecule has 2 aromatic rings. The van der Waals surface area contributed by atoms with E-state index in [-0.39, 0.29) is 5.82 Å². The van der Waals surface area contributed by atoms with E-state index < -0.39 is 5.60 Å². The zero-order chi connectivity index (χ0) is 12.3. The van der Waals surface area contributed by atoms with Crippen LogP contribution >= 0.6 is 0 Å². The van der Waals surface area contributed by atoms with Gasteiger partial charge < -0.3 is 9.52 Å². The van der Waals surface area contributed by atoms with E-state index in [2.05, 4.69) is 0 Å². The first kappa shape index (κ1) is 11.9. The molecule has 1 unspecified atom stereocenters. The van der Waals surface area contributed by atoms with Crippen molar-refractivity contribution in [1.29, 1.82) is 0 Å². The number of aliphatic hydroxyl groups is 1. The topological polar surface area (TPSA) is 33.4 Å². The Balaban J connectivity index is 2.06. The van der Waals surface area contributed by atoms with E-state index in [0.717, 1.165) is 11.1 Å². The SMILES string of the molecule is CC(O)(Cc1ccoc1)Cc1cccc(F)c1. The molecule has 0 bridgehead atoms. The smallest absolute Gasteiger partial charge is 0.123 e. The molecule has 0 aliphatic heterocycles. The summed E-state index contributed by atoms with van der Waals surface area (Å²) >= 11 is 0. The predicted molar refractivity (Wildman–Crippen MR) is 63.1 cm³/mol. The first-order valence-electron chi connectivity index (χ1n) is 5.53. The minimum atomic E-state index is -0.905. The molecule has 17 heavy (non-hydrogen) atoms. The Morgan fingerprint density at radius 3 is 2.65 bits per heavy atom. The molecule has 0 saturated carbocycles. The maximum atomic E-state index is 13.0. The molecule has 2 nitrogen and oxygen atoms in total. The van der Waals surface area contributed by atoms with E-state index in [1.807, 2.05) is 12.1 Å². The molecule has 90 valence electrons. The molecule has 1 N–H and O–H groups in total. The van der Waals surface area contributed by atoms with Crippen molar-refractivity contribution in [2.75, 3.05) is 0 Å². The highest BCUT2D eigenvalue weighted by molar-refractivity contribution is 5.19. The third kappa shape index (κ3) is 3.43. The number of hydrogen-bond acceptors (Lipinski definition) is 2. The van der Waals surface area contributed by atoms with Crippen LogP contribution in [-0.4, -0.2) is 10.7 Å². The van der Waals surface area contributed by atoms with Gasteiger partial charge in [-0.25, -0.2) is 4.39 Å². The lowest BCUT2D eigenvalue weighted by molar-refractivity contribution is 0.0606. The summed E-state index contributed by atoms with van der Waals surface area (Å²) in [5.41, 5.74) is 0.822. The summed E-state index contributed by atoms with van der Waals surface area (Å²) in [6.45, 7) is 1.74. The number of halogens is 1. The van der Waals surface area contributed by atoms with Gasteiger partial charge in [0.05, 0.1) is 18.1 Å². The fourth-order valence-corrected chi connectivity index (χ4v) is 1.98. The summed E-state index contributed by atoms with van der Waals surface area (Å²) in [5.74, 6) is -0.276. The first-order valence-corrected chi connectivity index (χ1v) is 5.53. The van der Waals surface area contributed by atoms with Crippen LogP contribution in [0.25, 0.3) is 0 Å². The first-order chi connectivity index (χ1) is 8.05. The normalized spacial score (nSPS) is 14.5. The van der Waals surface area contributed by atoms with Crippen LogP contribution in [0.15, 0.2) is 47.3 Å². The van der Waals surface area contributed by atoms with Crippen LogP contribution in [0.5, 0.6) is 0 Å². The molecule has 1 aromatic carbocycles. The minimum Gasteiger partial charge on any atom is -0.472 e. The van der Waals surface area contributed by atoms with Crippen LogP contribution in [-0.2, 0) is 12.8 Å². The van der Waals surface area contributed by atoms with Gasteiger partial charge >= 0.3 is 0 Å². The monoisotopic (exact) mass is 234 g/mol. The summed E-state index contributed by atoms with van der Waals surface area (Å²) in [7, 11) is 0. The van der Waals surface area contributed by atoms with Gasteiger partial charge in [0.15, 0.2) is 0 Å². The number of benzene rings is 1. The van der Waals surface area contributed by atoms with Gasteiger partial charge in [-0.15, -0.1) is 0 Å². The molecule has 1 heterocycles. The molecule has 3 heteroatoms. The second-order valence-corrected chi connectivity index (χ2v) is 4.61. The Kier molecular flexibility index (Phi) is 3.29. The van der Waals surface area contributed by atoms with Crippen molar-refractivity contribution in [2.24, 2.45) is 0 Å². The molecule has 0 aliphatic carbocycles. The van der Waals surface area contributed by atoms with Crippen LogP contribution in [0.1, 0.15) is 18.1 Å². The van der Waals surface area contributed by atoms with Crippen molar-refractivity contribution in [3.63, 3.8) is 0 Å². The largest absolute Gasteiger partial charge is 0.472 e. The summed E-state index contributed by atoms with van der Waals surface area (Å²) in [4.78, 5) is 0. The van der Waals surface area contributed by atoms with Crippen molar-refractivity contribution in [1.82, 2.24) is 0 Å². The van der Waals surface area contributed by atoms with Crippen LogP contribution in [0.2, 0.25) is 0 Å². The fourth-order valence-electron chi connectivity index (χ4n) is 1.98. The molecule has 1 aromatic heterocycles. The number of hydrogen-bond donors (Lipinski definition) is 1. The quantitative estimate of drug-likeness (QED) is 0.882. The van der Waals surface area contributed by atoms with Gasteiger partial charge in [0.1, 0.15) is 5.82 Å². The van der Waals surface area contributed by atoms with Crippen molar-refractivity contribution >= 4 is 0 Å². The summed E-state index contributed by atoms with van der Waals surface area (Å²) in [6, 6.07) is 8.13. The third-order valence-electron chi connectivity index (χ3n) is 2.64. The van der Waals surface area contributed by atoms with E-state index in [1.54, 1.807) is 25.5 Å². The Morgan fingerprint density at radius 2 is 2.00 bits per heavy atom. The van der Waals surface area contributed by atoms with Crippen LogP contribution in [0, 0.1) is 5.82 Å². The van der Waals surface area contributed by atoms with Crippen LogP contribution < -0.4 is 0 Å². The highest BCUT2D eigenvalue weighted by Crippen LogP contribution is 2.19. The fraction of sp³-hybridized carbons (Fsp3) is 0.286. The Morgan fingerprint density at radius 1 is 1.24 bits per heavy atom. The zero-order valence-corrected chi connectivity index (χ0v) is 9.69. The van der Waals surface area contributed by atoms with Gasteiger partial charge in [0, 0.05) is 12.8 Å². The van der Waals surface area contributed by atoms with E-state index in [4.69, 9.17) is 4.42 Å². The highest BCUT2D eigenvalue weighted by Gasteiger charge is 2.22. The summed E-state index contributed by atoms with van der Waals surface area (Å²) < 4.78 is 18.0.